The Morgan fingerprint density at radius 3 is 2.17 bits per heavy atom. The van der Waals surface area contributed by atoms with E-state index in [0.717, 1.165) is 6.08 Å². The molecule has 6 heteroatoms. The quantitative estimate of drug-likeness (QED) is 0.536. The molecule has 0 spiro atoms. The molecule has 0 aromatic heterocycles. The number of hydrogen-bond donors (Lipinski definition) is 3. The number of carboxylic acids is 1. The van der Waals surface area contributed by atoms with Crippen molar-refractivity contribution >= 4 is 17.5 Å². The molecular weight excluding hydrogens is 240 g/mol. The number of aliphatic hydroxyl groups excluding tert-OH is 1. The second kappa shape index (κ2) is 4.25. The minimum atomic E-state index is -1.36. The van der Waals surface area contributed by atoms with Crippen molar-refractivity contribution in [2.75, 3.05) is 0 Å². The molecule has 3 N–H and O–H groups in total. The van der Waals surface area contributed by atoms with Crippen LogP contribution >= 0.6 is 0 Å². The molecule has 0 aliphatic carbocycles. The number of carboxylic acid groups (broad SMARTS) is 1. The van der Waals surface area contributed by atoms with Crippen molar-refractivity contribution in [2.24, 2.45) is 0 Å². The molecule has 1 aliphatic heterocycles. The Morgan fingerprint density at radius 2 is 1.72 bits per heavy atom. The van der Waals surface area contributed by atoms with Gasteiger partial charge in [0.1, 0.15) is 11.3 Å². The van der Waals surface area contributed by atoms with E-state index in [2.05, 4.69) is 4.74 Å². The number of carbonyl (C=O) groups excluding carboxylic acids is 1. The van der Waals surface area contributed by atoms with Gasteiger partial charge < -0.3 is 20.1 Å². The summed E-state index contributed by atoms with van der Waals surface area (Å²) in [5, 5.41) is 27.7. The molecule has 1 aromatic carbocycles. The molecule has 2 rings (SSSR count). The molecule has 0 saturated carbocycles. The third kappa shape index (κ3) is 2.03. The zero-order valence-electron chi connectivity index (χ0n) is 8.95. The van der Waals surface area contributed by atoms with Crippen molar-refractivity contribution in [1.82, 2.24) is 0 Å². The molecule has 18 heavy (non-hydrogen) atoms. The first-order valence-electron chi connectivity index (χ1n) is 4.89. The van der Waals surface area contributed by atoms with E-state index in [4.69, 9.17) is 10.2 Å². The van der Waals surface area contributed by atoms with Crippen molar-refractivity contribution in [1.29, 1.82) is 0 Å². The molecule has 1 aliphatic rings. The number of carbonyl (C=O) groups is 2. The van der Waals surface area contributed by atoms with Crippen LogP contribution in [0.25, 0.3) is 5.57 Å². The molecule has 1 heterocycles. The van der Waals surface area contributed by atoms with Gasteiger partial charge in [-0.05, 0) is 17.7 Å². The lowest BCUT2D eigenvalue weighted by Crippen LogP contribution is -2.06. The van der Waals surface area contributed by atoms with Gasteiger partial charge in [0.2, 0.25) is 0 Å². The summed E-state index contributed by atoms with van der Waals surface area (Å²) in [4.78, 5) is 22.1. The predicted molar refractivity (Wildman–Crippen MR) is 59.5 cm³/mol. The molecule has 0 amide bonds. The third-order valence-corrected chi connectivity index (χ3v) is 2.29. The molecular formula is C12H8O6. The molecule has 0 saturated heterocycles. The summed E-state index contributed by atoms with van der Waals surface area (Å²) in [7, 11) is 0. The largest absolute Gasteiger partial charge is 0.508 e. The Labute approximate surface area is 101 Å². The van der Waals surface area contributed by atoms with E-state index in [9.17, 15) is 14.7 Å². The Balaban J connectivity index is 2.57. The lowest BCUT2D eigenvalue weighted by Gasteiger charge is -2.07. The highest BCUT2D eigenvalue weighted by molar-refractivity contribution is 6.17. The smallest absolute Gasteiger partial charge is 0.340 e. The van der Waals surface area contributed by atoms with E-state index in [-0.39, 0.29) is 16.9 Å². The fourth-order valence-electron chi connectivity index (χ4n) is 1.52. The van der Waals surface area contributed by atoms with Gasteiger partial charge in [-0.1, -0.05) is 12.1 Å². The fourth-order valence-corrected chi connectivity index (χ4v) is 1.52. The number of hydrogen-bond acceptors (Lipinski definition) is 5. The van der Waals surface area contributed by atoms with Crippen molar-refractivity contribution in [3.05, 3.63) is 47.4 Å². The standard InChI is InChI=1S/C12H8O6/c13-7-3-1-6(2-4-7)10(12(16)17)11-8(14)5-9(15)18-11/h1-5,13-14H,(H,16,17)/b11-10+. The summed E-state index contributed by atoms with van der Waals surface area (Å²) in [6.45, 7) is 0. The minimum absolute atomic E-state index is 0.0309. The average Bonchev–Trinajstić information content (AvgIpc) is 2.61. The van der Waals surface area contributed by atoms with E-state index in [0.29, 0.717) is 0 Å². The number of cyclic esters (lactones) is 1. The topological polar surface area (TPSA) is 104 Å². The highest BCUT2D eigenvalue weighted by Crippen LogP contribution is 2.28. The Kier molecular flexibility index (Phi) is 2.77. The summed E-state index contributed by atoms with van der Waals surface area (Å²) in [5.74, 6) is -3.16. The Morgan fingerprint density at radius 1 is 1.11 bits per heavy atom. The highest BCUT2D eigenvalue weighted by Gasteiger charge is 2.28. The fraction of sp³-hybridized carbons (Fsp3) is 0. The molecule has 0 radical (unpaired) electrons. The number of ether oxygens (including phenoxy) is 1. The second-order valence-electron chi connectivity index (χ2n) is 3.51. The van der Waals surface area contributed by atoms with Crippen molar-refractivity contribution < 1.29 is 29.6 Å². The second-order valence-corrected chi connectivity index (χ2v) is 3.51. The van der Waals surface area contributed by atoms with Crippen LogP contribution < -0.4 is 0 Å². The molecule has 0 fully saturated rings. The van der Waals surface area contributed by atoms with Crippen molar-refractivity contribution in [2.45, 2.75) is 0 Å². The van der Waals surface area contributed by atoms with Gasteiger partial charge in [0.05, 0.1) is 6.08 Å². The van der Waals surface area contributed by atoms with Crippen LogP contribution in [0.1, 0.15) is 5.56 Å². The van der Waals surface area contributed by atoms with Crippen LogP contribution in [0.4, 0.5) is 0 Å². The number of phenols is 1. The number of aliphatic hydroxyl groups is 1. The van der Waals surface area contributed by atoms with Crippen molar-refractivity contribution in [3.8, 4) is 5.75 Å². The number of aromatic hydroxyl groups is 1. The summed E-state index contributed by atoms with van der Waals surface area (Å²) in [6, 6.07) is 5.25. The summed E-state index contributed by atoms with van der Waals surface area (Å²) >= 11 is 0. The maximum Gasteiger partial charge on any atom is 0.340 e. The normalized spacial score (nSPS) is 17.1. The number of rotatable bonds is 2. The summed E-state index contributed by atoms with van der Waals surface area (Å²) < 4.78 is 4.64. The first-order chi connectivity index (χ1) is 8.49. The highest BCUT2D eigenvalue weighted by atomic mass is 16.6. The molecule has 0 bridgehead atoms. The van der Waals surface area contributed by atoms with E-state index >= 15 is 0 Å². The molecule has 0 unspecified atom stereocenters. The number of phenolic OH excluding ortho intramolecular Hbond substituents is 1. The maximum absolute atomic E-state index is 11.2. The van der Waals surface area contributed by atoms with Crippen LogP contribution in [0.5, 0.6) is 5.75 Å². The van der Waals surface area contributed by atoms with Gasteiger partial charge in [0, 0.05) is 0 Å². The Hall–Kier alpha value is -2.76. The lowest BCUT2D eigenvalue weighted by molar-refractivity contribution is -0.132. The first kappa shape index (κ1) is 11.7. The zero-order valence-corrected chi connectivity index (χ0v) is 8.95. The molecule has 0 atom stereocenters. The van der Waals surface area contributed by atoms with Gasteiger partial charge in [-0.15, -0.1) is 0 Å². The number of esters is 1. The summed E-state index contributed by atoms with van der Waals surface area (Å²) in [5.41, 5.74) is -0.153. The Bertz CT molecular complexity index is 579. The monoisotopic (exact) mass is 248 g/mol. The van der Waals surface area contributed by atoms with Crippen LogP contribution in [0.2, 0.25) is 0 Å². The van der Waals surface area contributed by atoms with Crippen LogP contribution in [-0.4, -0.2) is 27.3 Å². The minimum Gasteiger partial charge on any atom is -0.508 e. The van der Waals surface area contributed by atoms with Gasteiger partial charge in [0.15, 0.2) is 11.5 Å². The average molecular weight is 248 g/mol. The van der Waals surface area contributed by atoms with E-state index in [1.165, 1.54) is 24.3 Å². The molecule has 6 nitrogen and oxygen atoms in total. The van der Waals surface area contributed by atoms with E-state index < -0.39 is 23.5 Å². The van der Waals surface area contributed by atoms with Crippen molar-refractivity contribution in [3.63, 3.8) is 0 Å². The third-order valence-electron chi connectivity index (χ3n) is 2.29. The van der Waals surface area contributed by atoms with Crippen LogP contribution in [0.15, 0.2) is 41.9 Å². The molecule has 92 valence electrons. The molecule has 1 aromatic rings. The van der Waals surface area contributed by atoms with Gasteiger partial charge in [0.25, 0.3) is 0 Å². The number of benzene rings is 1. The van der Waals surface area contributed by atoms with E-state index in [1.807, 2.05) is 0 Å². The first-order valence-corrected chi connectivity index (χ1v) is 4.89. The predicted octanol–water partition coefficient (Wildman–Crippen LogP) is 1.19. The maximum atomic E-state index is 11.2. The van der Waals surface area contributed by atoms with Crippen LogP contribution in [-0.2, 0) is 14.3 Å². The van der Waals surface area contributed by atoms with Gasteiger partial charge in [-0.2, -0.15) is 0 Å². The SMILES string of the molecule is O=C1C=C(O)/C(=C(\C(=O)O)c2ccc(O)cc2)O1. The van der Waals surface area contributed by atoms with E-state index in [1.54, 1.807) is 0 Å². The van der Waals surface area contributed by atoms with Gasteiger partial charge in [-0.25, -0.2) is 9.59 Å². The van der Waals surface area contributed by atoms with Gasteiger partial charge in [-0.3, -0.25) is 0 Å². The van der Waals surface area contributed by atoms with Crippen LogP contribution in [0, 0.1) is 0 Å². The lowest BCUT2D eigenvalue weighted by atomic mass is 10.0. The van der Waals surface area contributed by atoms with Gasteiger partial charge >= 0.3 is 11.9 Å². The van der Waals surface area contributed by atoms with Crippen LogP contribution in [0.3, 0.4) is 0 Å². The zero-order chi connectivity index (χ0) is 13.3. The number of aliphatic carboxylic acids is 1. The summed E-state index contributed by atoms with van der Waals surface area (Å²) in [6.07, 6.45) is 0.790.